The number of carbonyl (C=O) groups excluding carboxylic acids is 1. The fourth-order valence-corrected chi connectivity index (χ4v) is 2.78. The SMILES string of the molecule is COc1cccc(C(=O)NCc2ccc(COc3ccccc3)cc2)c1OC(F)F. The Labute approximate surface area is 173 Å². The van der Waals surface area contributed by atoms with E-state index in [9.17, 15) is 13.6 Å². The van der Waals surface area contributed by atoms with Gasteiger partial charge in [0.2, 0.25) is 0 Å². The highest BCUT2D eigenvalue weighted by Crippen LogP contribution is 2.32. The van der Waals surface area contributed by atoms with E-state index in [4.69, 9.17) is 9.47 Å². The topological polar surface area (TPSA) is 56.8 Å². The Kier molecular flexibility index (Phi) is 7.21. The van der Waals surface area contributed by atoms with Gasteiger partial charge in [-0.25, -0.2) is 0 Å². The van der Waals surface area contributed by atoms with E-state index in [0.717, 1.165) is 16.9 Å². The normalized spacial score (nSPS) is 10.5. The molecule has 3 rings (SSSR count). The third-order valence-corrected chi connectivity index (χ3v) is 4.28. The van der Waals surface area contributed by atoms with Crippen LogP contribution in [0.2, 0.25) is 0 Å². The van der Waals surface area contributed by atoms with Crippen LogP contribution in [-0.2, 0) is 13.2 Å². The summed E-state index contributed by atoms with van der Waals surface area (Å²) in [5.41, 5.74) is 1.81. The minimum atomic E-state index is -3.07. The molecule has 0 saturated heterocycles. The Balaban J connectivity index is 1.59. The van der Waals surface area contributed by atoms with Crippen LogP contribution in [-0.4, -0.2) is 19.6 Å². The predicted molar refractivity (Wildman–Crippen MR) is 108 cm³/mol. The number of benzene rings is 3. The summed E-state index contributed by atoms with van der Waals surface area (Å²) in [6.45, 7) is -2.42. The van der Waals surface area contributed by atoms with Gasteiger partial charge in [-0.15, -0.1) is 0 Å². The van der Waals surface area contributed by atoms with E-state index in [-0.39, 0.29) is 23.6 Å². The molecule has 0 saturated carbocycles. The number of methoxy groups -OCH3 is 1. The molecular formula is C23H21F2NO4. The number of carbonyl (C=O) groups is 1. The Morgan fingerprint density at radius 2 is 1.63 bits per heavy atom. The number of alkyl halides is 2. The molecule has 3 aromatic carbocycles. The van der Waals surface area contributed by atoms with E-state index < -0.39 is 12.5 Å². The smallest absolute Gasteiger partial charge is 0.387 e. The number of halogens is 2. The van der Waals surface area contributed by atoms with Gasteiger partial charge in [0.15, 0.2) is 11.5 Å². The van der Waals surface area contributed by atoms with Crippen molar-refractivity contribution < 1.29 is 27.8 Å². The first-order valence-corrected chi connectivity index (χ1v) is 9.22. The van der Waals surface area contributed by atoms with Crippen molar-refractivity contribution in [1.29, 1.82) is 0 Å². The molecule has 0 aromatic heterocycles. The molecule has 0 unspecified atom stereocenters. The first-order valence-electron chi connectivity index (χ1n) is 9.22. The summed E-state index contributed by atoms with van der Waals surface area (Å²) in [6.07, 6.45) is 0. The molecule has 0 aliphatic heterocycles. The van der Waals surface area contributed by atoms with E-state index in [1.165, 1.54) is 25.3 Å². The van der Waals surface area contributed by atoms with Gasteiger partial charge in [-0.3, -0.25) is 4.79 Å². The lowest BCUT2D eigenvalue weighted by Crippen LogP contribution is -2.24. The first kappa shape index (κ1) is 21.1. The lowest BCUT2D eigenvalue weighted by molar-refractivity contribution is -0.0515. The number of amides is 1. The standard InChI is InChI=1S/C23H21F2NO4/c1-28-20-9-5-8-19(21(20)30-23(24)25)22(27)26-14-16-10-12-17(13-11-16)15-29-18-6-3-2-4-7-18/h2-13,23H,14-15H2,1H3,(H,26,27). The van der Waals surface area contributed by atoms with Crippen LogP contribution in [0.5, 0.6) is 17.2 Å². The average Bonchev–Trinajstić information content (AvgIpc) is 2.77. The van der Waals surface area contributed by atoms with Gasteiger partial charge in [-0.2, -0.15) is 8.78 Å². The summed E-state index contributed by atoms with van der Waals surface area (Å²) in [6, 6.07) is 21.4. The van der Waals surface area contributed by atoms with Crippen molar-refractivity contribution in [3.05, 3.63) is 89.5 Å². The van der Waals surface area contributed by atoms with Crippen LogP contribution in [0, 0.1) is 0 Å². The van der Waals surface area contributed by atoms with Gasteiger partial charge in [0, 0.05) is 6.54 Å². The van der Waals surface area contributed by atoms with Gasteiger partial charge in [-0.1, -0.05) is 48.5 Å². The summed E-state index contributed by atoms with van der Waals surface area (Å²) in [5.74, 6) is 0.0154. The molecule has 1 N–H and O–H groups in total. The second-order valence-electron chi connectivity index (χ2n) is 6.32. The lowest BCUT2D eigenvalue weighted by atomic mass is 10.1. The number of hydrogen-bond donors (Lipinski definition) is 1. The molecule has 0 spiro atoms. The van der Waals surface area contributed by atoms with Crippen LogP contribution in [0.3, 0.4) is 0 Å². The summed E-state index contributed by atoms with van der Waals surface area (Å²) in [7, 11) is 1.32. The van der Waals surface area contributed by atoms with Crippen LogP contribution < -0.4 is 19.5 Å². The Morgan fingerprint density at radius 1 is 0.933 bits per heavy atom. The van der Waals surface area contributed by atoms with Crippen LogP contribution in [0.15, 0.2) is 72.8 Å². The van der Waals surface area contributed by atoms with Gasteiger partial charge in [-0.05, 0) is 35.4 Å². The van der Waals surface area contributed by atoms with Crippen LogP contribution in [0.4, 0.5) is 8.78 Å². The number of rotatable bonds is 9. The molecule has 0 radical (unpaired) electrons. The minimum Gasteiger partial charge on any atom is -0.493 e. The molecule has 1 amide bonds. The molecule has 3 aromatic rings. The van der Waals surface area contributed by atoms with Crippen molar-refractivity contribution in [3.8, 4) is 17.2 Å². The molecular weight excluding hydrogens is 392 g/mol. The molecule has 0 aliphatic rings. The largest absolute Gasteiger partial charge is 0.493 e. The zero-order chi connectivity index (χ0) is 21.3. The molecule has 7 heteroatoms. The summed E-state index contributed by atoms with van der Waals surface area (Å²) < 4.78 is 40.6. The maximum absolute atomic E-state index is 12.7. The van der Waals surface area contributed by atoms with Crippen molar-refractivity contribution in [3.63, 3.8) is 0 Å². The molecule has 0 bridgehead atoms. The third kappa shape index (κ3) is 5.70. The van der Waals surface area contributed by atoms with Crippen LogP contribution in [0.1, 0.15) is 21.5 Å². The molecule has 0 fully saturated rings. The van der Waals surface area contributed by atoms with E-state index in [1.807, 2.05) is 54.6 Å². The number of para-hydroxylation sites is 2. The fraction of sp³-hybridized carbons (Fsp3) is 0.174. The Morgan fingerprint density at radius 3 is 2.30 bits per heavy atom. The van der Waals surface area contributed by atoms with E-state index in [1.54, 1.807) is 0 Å². The molecule has 0 aliphatic carbocycles. The van der Waals surface area contributed by atoms with Gasteiger partial charge >= 0.3 is 6.61 Å². The average molecular weight is 413 g/mol. The minimum absolute atomic E-state index is 0.0254. The van der Waals surface area contributed by atoms with Crippen LogP contribution >= 0.6 is 0 Å². The highest BCUT2D eigenvalue weighted by Gasteiger charge is 2.20. The Bertz CT molecular complexity index is 963. The monoisotopic (exact) mass is 413 g/mol. The second-order valence-corrected chi connectivity index (χ2v) is 6.32. The third-order valence-electron chi connectivity index (χ3n) is 4.28. The Hall–Kier alpha value is -3.61. The molecule has 0 heterocycles. The van der Waals surface area contributed by atoms with Crippen molar-refractivity contribution in [2.45, 2.75) is 19.8 Å². The van der Waals surface area contributed by atoms with Gasteiger partial charge in [0.05, 0.1) is 12.7 Å². The van der Waals surface area contributed by atoms with Crippen molar-refractivity contribution >= 4 is 5.91 Å². The molecule has 156 valence electrons. The summed E-state index contributed by atoms with van der Waals surface area (Å²) in [4.78, 5) is 12.5. The highest BCUT2D eigenvalue weighted by molar-refractivity contribution is 5.97. The summed E-state index contributed by atoms with van der Waals surface area (Å²) >= 11 is 0. The molecule has 0 atom stereocenters. The zero-order valence-electron chi connectivity index (χ0n) is 16.3. The predicted octanol–water partition coefficient (Wildman–Crippen LogP) is 4.81. The number of nitrogens with one attached hydrogen (secondary N) is 1. The number of ether oxygens (including phenoxy) is 3. The maximum atomic E-state index is 12.7. The fourth-order valence-electron chi connectivity index (χ4n) is 2.78. The second kappa shape index (κ2) is 10.2. The molecule has 30 heavy (non-hydrogen) atoms. The first-order chi connectivity index (χ1) is 14.6. The highest BCUT2D eigenvalue weighted by atomic mass is 19.3. The van der Waals surface area contributed by atoms with Crippen molar-refractivity contribution in [2.75, 3.05) is 7.11 Å². The van der Waals surface area contributed by atoms with E-state index >= 15 is 0 Å². The maximum Gasteiger partial charge on any atom is 0.387 e. The summed E-state index contributed by atoms with van der Waals surface area (Å²) in [5, 5.41) is 2.71. The van der Waals surface area contributed by atoms with Crippen molar-refractivity contribution in [2.24, 2.45) is 0 Å². The number of hydrogen-bond acceptors (Lipinski definition) is 4. The van der Waals surface area contributed by atoms with E-state index in [0.29, 0.717) is 6.61 Å². The lowest BCUT2D eigenvalue weighted by Gasteiger charge is -2.14. The van der Waals surface area contributed by atoms with Gasteiger partial charge in [0.1, 0.15) is 12.4 Å². The van der Waals surface area contributed by atoms with Crippen molar-refractivity contribution in [1.82, 2.24) is 5.32 Å². The van der Waals surface area contributed by atoms with Crippen LogP contribution in [0.25, 0.3) is 0 Å². The molecule has 5 nitrogen and oxygen atoms in total. The van der Waals surface area contributed by atoms with Gasteiger partial charge < -0.3 is 19.5 Å². The van der Waals surface area contributed by atoms with Gasteiger partial charge in [0.25, 0.3) is 5.91 Å². The zero-order valence-corrected chi connectivity index (χ0v) is 16.3. The quantitative estimate of drug-likeness (QED) is 0.547. The van der Waals surface area contributed by atoms with E-state index in [2.05, 4.69) is 10.1 Å².